The third-order valence-electron chi connectivity index (χ3n) is 5.06. The summed E-state index contributed by atoms with van der Waals surface area (Å²) in [6.07, 6.45) is -0.150. The first-order valence-electron chi connectivity index (χ1n) is 9.56. The molecule has 0 unspecified atom stereocenters. The first-order chi connectivity index (χ1) is 13.7. The van der Waals surface area contributed by atoms with Gasteiger partial charge in [-0.05, 0) is 11.6 Å². The zero-order valence-corrected chi connectivity index (χ0v) is 15.7. The number of aromatic nitrogens is 2. The van der Waals surface area contributed by atoms with E-state index < -0.39 is 0 Å². The molecule has 0 aliphatic carbocycles. The van der Waals surface area contributed by atoms with Gasteiger partial charge >= 0.3 is 0 Å². The molecule has 8 heteroatoms. The Balaban J connectivity index is 1.45. The lowest BCUT2D eigenvalue weighted by molar-refractivity contribution is -0.139. The van der Waals surface area contributed by atoms with Gasteiger partial charge in [0, 0.05) is 25.7 Å². The molecular weight excluding hydrogens is 360 g/mol. The lowest BCUT2D eigenvalue weighted by Crippen LogP contribution is -2.45. The number of rotatable bonds is 4. The molecule has 8 nitrogen and oxygen atoms in total. The molecule has 3 heterocycles. The Hall–Kier alpha value is -2.71. The van der Waals surface area contributed by atoms with Crippen LogP contribution < -0.4 is 10.5 Å². The molecule has 0 radical (unpaired) electrons. The topological polar surface area (TPSA) is 76.9 Å². The van der Waals surface area contributed by atoms with E-state index >= 15 is 0 Å². The van der Waals surface area contributed by atoms with Gasteiger partial charge in [0.05, 0.1) is 26.4 Å². The molecule has 0 saturated carbocycles. The zero-order chi connectivity index (χ0) is 19.3. The minimum Gasteiger partial charge on any atom is -0.378 e. The van der Waals surface area contributed by atoms with Gasteiger partial charge in [0.2, 0.25) is 5.91 Å². The van der Waals surface area contributed by atoms with E-state index in [4.69, 9.17) is 9.47 Å². The number of carbonyl (C=O) groups excluding carboxylic acids is 1. The van der Waals surface area contributed by atoms with Crippen LogP contribution in [0.4, 0.5) is 5.82 Å². The van der Waals surface area contributed by atoms with E-state index in [1.54, 1.807) is 11.0 Å². The number of carbonyl (C=O) groups is 1. The largest absolute Gasteiger partial charge is 0.378 e. The van der Waals surface area contributed by atoms with Gasteiger partial charge in [0.15, 0.2) is 0 Å². The maximum absolute atomic E-state index is 12.8. The van der Waals surface area contributed by atoms with Crippen molar-refractivity contribution in [3.63, 3.8) is 0 Å². The van der Waals surface area contributed by atoms with Crippen molar-refractivity contribution < 1.29 is 14.3 Å². The van der Waals surface area contributed by atoms with Crippen molar-refractivity contribution in [3.05, 3.63) is 58.4 Å². The second kappa shape index (κ2) is 8.53. The number of nitrogens with zero attached hydrogens (tertiary/aromatic N) is 4. The van der Waals surface area contributed by atoms with Crippen LogP contribution in [0.2, 0.25) is 0 Å². The monoisotopic (exact) mass is 384 g/mol. The SMILES string of the molecule is O=C(Cn1nc(N2CCOCC2)ccc1=O)N1CCO[C@@H](c2ccccc2)C1. The predicted molar refractivity (Wildman–Crippen MR) is 103 cm³/mol. The van der Waals surface area contributed by atoms with Crippen LogP contribution >= 0.6 is 0 Å². The van der Waals surface area contributed by atoms with Crippen LogP contribution in [0.5, 0.6) is 0 Å². The van der Waals surface area contributed by atoms with Crippen molar-refractivity contribution in [3.8, 4) is 0 Å². The number of ether oxygens (including phenoxy) is 2. The summed E-state index contributed by atoms with van der Waals surface area (Å²) in [4.78, 5) is 28.8. The van der Waals surface area contributed by atoms with E-state index in [0.717, 1.165) is 18.7 Å². The average Bonchev–Trinajstić information content (AvgIpc) is 2.76. The minimum absolute atomic E-state index is 0.0709. The lowest BCUT2D eigenvalue weighted by atomic mass is 10.1. The highest BCUT2D eigenvalue weighted by atomic mass is 16.5. The number of benzene rings is 1. The molecule has 1 atom stereocenters. The number of anilines is 1. The van der Waals surface area contributed by atoms with E-state index in [2.05, 4.69) is 10.00 Å². The molecule has 28 heavy (non-hydrogen) atoms. The highest BCUT2D eigenvalue weighted by molar-refractivity contribution is 5.76. The number of amides is 1. The maximum atomic E-state index is 12.8. The summed E-state index contributed by atoms with van der Waals surface area (Å²) in [6.45, 7) is 4.10. The summed E-state index contributed by atoms with van der Waals surface area (Å²) in [5.74, 6) is 0.567. The summed E-state index contributed by atoms with van der Waals surface area (Å²) < 4.78 is 12.4. The van der Waals surface area contributed by atoms with Crippen molar-refractivity contribution in [2.24, 2.45) is 0 Å². The molecule has 2 fully saturated rings. The minimum atomic E-state index is -0.279. The standard InChI is InChI=1S/C20H24N4O4/c25-19-7-6-18(22-8-11-27-12-9-22)21-24(19)15-20(26)23-10-13-28-17(14-23)16-4-2-1-3-5-16/h1-7,17H,8-15H2/t17-/m1/s1. The van der Waals surface area contributed by atoms with Crippen LogP contribution in [0.25, 0.3) is 0 Å². The molecule has 2 aromatic rings. The number of hydrogen-bond acceptors (Lipinski definition) is 6. The van der Waals surface area contributed by atoms with E-state index in [1.165, 1.54) is 10.7 Å². The highest BCUT2D eigenvalue weighted by Crippen LogP contribution is 2.22. The molecule has 2 aliphatic heterocycles. The third-order valence-corrected chi connectivity index (χ3v) is 5.06. The molecule has 148 valence electrons. The smallest absolute Gasteiger partial charge is 0.267 e. The van der Waals surface area contributed by atoms with Gasteiger partial charge < -0.3 is 19.3 Å². The summed E-state index contributed by atoms with van der Waals surface area (Å²) in [5, 5.41) is 4.40. The van der Waals surface area contributed by atoms with Gasteiger partial charge in [0.25, 0.3) is 5.56 Å². The molecular formula is C20H24N4O4. The molecule has 1 aromatic heterocycles. The Morgan fingerprint density at radius 2 is 1.82 bits per heavy atom. The molecule has 1 aromatic carbocycles. The quantitative estimate of drug-likeness (QED) is 0.772. The normalized spacial score (nSPS) is 20.2. The van der Waals surface area contributed by atoms with Crippen LogP contribution in [-0.4, -0.2) is 66.6 Å². The summed E-state index contributed by atoms with van der Waals surface area (Å²) in [5.41, 5.74) is 0.767. The van der Waals surface area contributed by atoms with Crippen LogP contribution in [-0.2, 0) is 20.8 Å². The fourth-order valence-corrected chi connectivity index (χ4v) is 3.49. The van der Waals surface area contributed by atoms with Crippen LogP contribution in [0, 0.1) is 0 Å². The van der Waals surface area contributed by atoms with Crippen molar-refractivity contribution >= 4 is 11.7 Å². The van der Waals surface area contributed by atoms with Gasteiger partial charge in [-0.25, -0.2) is 4.68 Å². The number of morpholine rings is 2. The fraction of sp³-hybridized carbons (Fsp3) is 0.450. The Bertz CT molecular complexity index is 864. The zero-order valence-electron chi connectivity index (χ0n) is 15.7. The van der Waals surface area contributed by atoms with Crippen molar-refractivity contribution in [1.29, 1.82) is 0 Å². The van der Waals surface area contributed by atoms with Gasteiger partial charge in [-0.3, -0.25) is 9.59 Å². The molecule has 0 bridgehead atoms. The molecule has 1 amide bonds. The second-order valence-corrected chi connectivity index (χ2v) is 6.90. The average molecular weight is 384 g/mol. The Morgan fingerprint density at radius 1 is 1.04 bits per heavy atom. The Morgan fingerprint density at radius 3 is 2.61 bits per heavy atom. The van der Waals surface area contributed by atoms with E-state index in [1.807, 2.05) is 30.3 Å². The molecule has 0 N–H and O–H groups in total. The molecule has 0 spiro atoms. The van der Waals surface area contributed by atoms with E-state index in [-0.39, 0.29) is 24.1 Å². The Labute approximate surface area is 163 Å². The predicted octanol–water partition coefficient (Wildman–Crippen LogP) is 0.680. The first kappa shape index (κ1) is 18.6. The lowest BCUT2D eigenvalue weighted by Gasteiger charge is -2.33. The number of hydrogen-bond donors (Lipinski definition) is 0. The van der Waals surface area contributed by atoms with Crippen molar-refractivity contribution in [1.82, 2.24) is 14.7 Å². The Kier molecular flexibility index (Phi) is 5.68. The summed E-state index contributed by atoms with van der Waals surface area (Å²) >= 11 is 0. The molecule has 2 aliphatic rings. The van der Waals surface area contributed by atoms with Gasteiger partial charge in [0.1, 0.15) is 18.5 Å². The maximum Gasteiger partial charge on any atom is 0.267 e. The van der Waals surface area contributed by atoms with Crippen LogP contribution in [0.3, 0.4) is 0 Å². The highest BCUT2D eigenvalue weighted by Gasteiger charge is 2.26. The third kappa shape index (κ3) is 4.23. The first-order valence-corrected chi connectivity index (χ1v) is 9.56. The van der Waals surface area contributed by atoms with Crippen molar-refractivity contribution in [2.75, 3.05) is 50.9 Å². The molecule has 4 rings (SSSR count). The van der Waals surface area contributed by atoms with E-state index in [0.29, 0.717) is 38.7 Å². The van der Waals surface area contributed by atoms with Crippen LogP contribution in [0.15, 0.2) is 47.3 Å². The van der Waals surface area contributed by atoms with Crippen molar-refractivity contribution in [2.45, 2.75) is 12.6 Å². The summed E-state index contributed by atoms with van der Waals surface area (Å²) in [7, 11) is 0. The molecule has 2 saturated heterocycles. The summed E-state index contributed by atoms with van der Waals surface area (Å²) in [6, 6.07) is 13.0. The van der Waals surface area contributed by atoms with Gasteiger partial charge in [-0.1, -0.05) is 30.3 Å². The van der Waals surface area contributed by atoms with Gasteiger partial charge in [-0.15, -0.1) is 0 Å². The van der Waals surface area contributed by atoms with E-state index in [9.17, 15) is 9.59 Å². The second-order valence-electron chi connectivity index (χ2n) is 6.90. The van der Waals surface area contributed by atoms with Gasteiger partial charge in [-0.2, -0.15) is 5.10 Å². The fourth-order valence-electron chi connectivity index (χ4n) is 3.49. The van der Waals surface area contributed by atoms with Crippen LogP contribution in [0.1, 0.15) is 11.7 Å².